The molecule has 10 nitrogen and oxygen atoms in total. The van der Waals surface area contributed by atoms with Gasteiger partial charge in [0.25, 0.3) is 5.69 Å². The Hall–Kier alpha value is -3.53. The zero-order valence-corrected chi connectivity index (χ0v) is 19.6. The molecule has 0 saturated carbocycles. The first kappa shape index (κ1) is 25.1. The van der Waals surface area contributed by atoms with Gasteiger partial charge < -0.3 is 19.5 Å². The molecule has 0 bridgehead atoms. The van der Waals surface area contributed by atoms with Crippen LogP contribution in [-0.2, 0) is 28.6 Å². The van der Waals surface area contributed by atoms with Crippen molar-refractivity contribution in [2.24, 2.45) is 11.8 Å². The molecule has 182 valence electrons. The Morgan fingerprint density at radius 3 is 2.65 bits per heavy atom. The number of esters is 2. The highest BCUT2D eigenvalue weighted by Gasteiger charge is 2.47. The van der Waals surface area contributed by atoms with Gasteiger partial charge in [0.15, 0.2) is 5.78 Å². The second-order valence-corrected chi connectivity index (χ2v) is 8.22. The third-order valence-corrected chi connectivity index (χ3v) is 6.04. The van der Waals surface area contributed by atoms with Crippen molar-refractivity contribution < 1.29 is 33.5 Å². The molecule has 0 spiro atoms. The van der Waals surface area contributed by atoms with Gasteiger partial charge in [-0.05, 0) is 31.7 Å². The number of Topliss-reactive ketones (excluding diaryl/α,β-unsaturated/α-hetero) is 1. The van der Waals surface area contributed by atoms with Crippen molar-refractivity contribution in [3.63, 3.8) is 0 Å². The number of hydrogen-bond acceptors (Lipinski definition) is 9. The van der Waals surface area contributed by atoms with E-state index in [1.807, 2.05) is 6.92 Å². The number of nitrogens with zero attached hydrogens (tertiary/aromatic N) is 1. The standard InChI is InChI=1S/C24H28N2O8/c1-5-33-9-10-34-24(29)19-14(3)25-17-11-13(2)18(23(28)32-4)22(27)21(17)20(19)15-7-6-8-16(12-15)26(30)31/h6-8,12-13,18,20,25H,5,9-11H2,1-4H3/t13-,18+,20+/m1/s1. The van der Waals surface area contributed by atoms with E-state index in [4.69, 9.17) is 14.2 Å². The summed E-state index contributed by atoms with van der Waals surface area (Å²) in [6, 6.07) is 5.78. The SMILES string of the molecule is CCOCCOC(=O)C1=C(C)NC2=C(C(=O)[C@@H](C(=O)OC)[C@H](C)C2)[C@H]1c1cccc([N+](=O)[O-])c1. The maximum atomic E-state index is 13.6. The van der Waals surface area contributed by atoms with Crippen LogP contribution in [0, 0.1) is 22.0 Å². The molecular formula is C24H28N2O8. The van der Waals surface area contributed by atoms with Crippen molar-refractivity contribution in [3.05, 3.63) is 62.5 Å². The number of hydrogen-bond donors (Lipinski definition) is 1. The summed E-state index contributed by atoms with van der Waals surface area (Å²) in [7, 11) is 1.22. The lowest BCUT2D eigenvalue weighted by Gasteiger charge is -2.38. The van der Waals surface area contributed by atoms with Crippen molar-refractivity contribution in [1.82, 2.24) is 5.32 Å². The molecule has 34 heavy (non-hydrogen) atoms. The maximum absolute atomic E-state index is 13.6. The molecule has 1 aromatic rings. The zero-order chi connectivity index (χ0) is 25.0. The van der Waals surface area contributed by atoms with E-state index in [2.05, 4.69) is 5.32 Å². The first-order valence-corrected chi connectivity index (χ1v) is 11.0. The Bertz CT molecular complexity index is 1070. The molecule has 1 aromatic carbocycles. The number of rotatable bonds is 8. The molecule has 1 aliphatic carbocycles. The fraction of sp³-hybridized carbons (Fsp3) is 0.458. The molecule has 0 aromatic heterocycles. The van der Waals surface area contributed by atoms with Crippen LogP contribution in [0.15, 0.2) is 46.8 Å². The Morgan fingerprint density at radius 2 is 2.00 bits per heavy atom. The van der Waals surface area contributed by atoms with Crippen LogP contribution >= 0.6 is 0 Å². The van der Waals surface area contributed by atoms with Crippen LogP contribution in [0.4, 0.5) is 5.69 Å². The number of nitro groups is 1. The summed E-state index contributed by atoms with van der Waals surface area (Å²) >= 11 is 0. The van der Waals surface area contributed by atoms with E-state index in [1.54, 1.807) is 19.9 Å². The molecule has 1 heterocycles. The van der Waals surface area contributed by atoms with Crippen LogP contribution in [-0.4, -0.2) is 49.6 Å². The van der Waals surface area contributed by atoms with Crippen LogP contribution in [0.1, 0.15) is 38.7 Å². The highest BCUT2D eigenvalue weighted by Crippen LogP contribution is 2.45. The van der Waals surface area contributed by atoms with Gasteiger partial charge in [0.05, 0.1) is 24.2 Å². The number of nitro benzene ring substituents is 1. The Balaban J connectivity index is 2.12. The Kier molecular flexibility index (Phi) is 7.83. The topological polar surface area (TPSA) is 134 Å². The fourth-order valence-electron chi connectivity index (χ4n) is 4.52. The highest BCUT2D eigenvalue weighted by atomic mass is 16.6. The van der Waals surface area contributed by atoms with Crippen LogP contribution in [0.5, 0.6) is 0 Å². The first-order valence-electron chi connectivity index (χ1n) is 11.0. The van der Waals surface area contributed by atoms with Gasteiger partial charge in [-0.25, -0.2) is 4.79 Å². The molecule has 2 aliphatic rings. The van der Waals surface area contributed by atoms with E-state index in [9.17, 15) is 24.5 Å². The number of methoxy groups -OCH3 is 1. The van der Waals surface area contributed by atoms with Crippen molar-refractivity contribution in [2.75, 3.05) is 26.9 Å². The second kappa shape index (κ2) is 10.6. The van der Waals surface area contributed by atoms with E-state index in [-0.39, 0.29) is 36.0 Å². The van der Waals surface area contributed by atoms with Gasteiger partial charge in [0.1, 0.15) is 12.5 Å². The van der Waals surface area contributed by atoms with Crippen molar-refractivity contribution >= 4 is 23.4 Å². The minimum atomic E-state index is -1.04. The molecule has 0 unspecified atom stereocenters. The quantitative estimate of drug-likeness (QED) is 0.199. The molecule has 1 N–H and O–H groups in total. The number of carbonyl (C=O) groups excluding carboxylic acids is 3. The van der Waals surface area contributed by atoms with Crippen molar-refractivity contribution in [3.8, 4) is 0 Å². The van der Waals surface area contributed by atoms with E-state index in [0.717, 1.165) is 0 Å². The van der Waals surface area contributed by atoms with Gasteiger partial charge in [-0.3, -0.25) is 19.7 Å². The third kappa shape index (κ3) is 4.86. The lowest BCUT2D eigenvalue weighted by molar-refractivity contribution is -0.384. The van der Waals surface area contributed by atoms with Crippen LogP contribution in [0.2, 0.25) is 0 Å². The molecule has 1 aliphatic heterocycles. The van der Waals surface area contributed by atoms with Crippen LogP contribution in [0.25, 0.3) is 0 Å². The fourth-order valence-corrected chi connectivity index (χ4v) is 4.52. The molecule has 10 heteroatoms. The number of non-ortho nitro benzene ring substituents is 1. The van der Waals surface area contributed by atoms with Gasteiger partial charge >= 0.3 is 11.9 Å². The molecule has 0 amide bonds. The predicted octanol–water partition coefficient (Wildman–Crippen LogP) is 2.79. The largest absolute Gasteiger partial charge is 0.468 e. The molecule has 0 saturated heterocycles. The smallest absolute Gasteiger partial charge is 0.336 e. The Morgan fingerprint density at radius 1 is 1.26 bits per heavy atom. The Labute approximate surface area is 197 Å². The molecule has 3 atom stereocenters. The van der Waals surface area contributed by atoms with Gasteiger partial charge in [-0.2, -0.15) is 0 Å². The second-order valence-electron chi connectivity index (χ2n) is 8.22. The average molecular weight is 472 g/mol. The van der Waals surface area contributed by atoms with Crippen molar-refractivity contribution in [2.45, 2.75) is 33.1 Å². The average Bonchev–Trinajstić information content (AvgIpc) is 2.80. The lowest BCUT2D eigenvalue weighted by Crippen LogP contribution is -2.43. The molecule has 0 radical (unpaired) electrons. The van der Waals surface area contributed by atoms with Crippen LogP contribution in [0.3, 0.4) is 0 Å². The van der Waals surface area contributed by atoms with E-state index < -0.39 is 34.5 Å². The van der Waals surface area contributed by atoms with Crippen molar-refractivity contribution in [1.29, 1.82) is 0 Å². The molecular weight excluding hydrogens is 444 g/mol. The first-order chi connectivity index (χ1) is 16.2. The number of ketones is 1. The van der Waals surface area contributed by atoms with E-state index in [0.29, 0.717) is 30.0 Å². The zero-order valence-electron chi connectivity index (χ0n) is 19.6. The summed E-state index contributed by atoms with van der Waals surface area (Å²) in [4.78, 5) is 50.1. The normalized spacial score (nSPS) is 22.1. The predicted molar refractivity (Wildman–Crippen MR) is 120 cm³/mol. The number of benzene rings is 1. The third-order valence-electron chi connectivity index (χ3n) is 6.04. The lowest BCUT2D eigenvalue weighted by atomic mass is 9.69. The van der Waals surface area contributed by atoms with Gasteiger partial charge in [0, 0.05) is 41.6 Å². The molecule has 0 fully saturated rings. The number of nitrogens with one attached hydrogen (secondary N) is 1. The van der Waals surface area contributed by atoms with Gasteiger partial charge in [-0.1, -0.05) is 19.1 Å². The summed E-state index contributed by atoms with van der Waals surface area (Å²) in [6.45, 7) is 5.97. The number of dihydropyridines is 1. The van der Waals surface area contributed by atoms with Crippen LogP contribution < -0.4 is 5.32 Å². The van der Waals surface area contributed by atoms with E-state index >= 15 is 0 Å². The summed E-state index contributed by atoms with van der Waals surface area (Å²) < 4.78 is 15.5. The maximum Gasteiger partial charge on any atom is 0.336 e. The summed E-state index contributed by atoms with van der Waals surface area (Å²) in [5.41, 5.74) is 1.64. The van der Waals surface area contributed by atoms with E-state index in [1.165, 1.54) is 25.3 Å². The highest BCUT2D eigenvalue weighted by molar-refractivity contribution is 6.12. The molecule has 3 rings (SSSR count). The van der Waals surface area contributed by atoms with Gasteiger partial charge in [-0.15, -0.1) is 0 Å². The number of ether oxygens (including phenoxy) is 3. The monoisotopic (exact) mass is 472 g/mol. The minimum Gasteiger partial charge on any atom is -0.468 e. The number of carbonyl (C=O) groups is 3. The number of allylic oxidation sites excluding steroid dienone is 3. The summed E-state index contributed by atoms with van der Waals surface area (Å²) in [5.74, 6) is -4.12. The summed E-state index contributed by atoms with van der Waals surface area (Å²) in [5, 5.41) is 14.6. The summed E-state index contributed by atoms with van der Waals surface area (Å²) in [6.07, 6.45) is 0.371. The minimum absolute atomic E-state index is 0.00673. The van der Waals surface area contributed by atoms with Gasteiger partial charge in [0.2, 0.25) is 0 Å².